The van der Waals surface area contributed by atoms with Crippen molar-refractivity contribution in [2.75, 3.05) is 56.2 Å². The fraction of sp³-hybridized carbons (Fsp3) is 0.650. The fourth-order valence-electron chi connectivity index (χ4n) is 4.08. The smallest absolute Gasteiger partial charge is 0.227 e. The number of nitrogens with zero attached hydrogens (tertiary/aromatic N) is 6. The molecule has 0 N–H and O–H groups in total. The standard InChI is InChI=1S/C20H30N6O2/c1-15-18(16(2)28-23-15)14-25-8-4-5-17(13-25)24(3)20-21-7-6-19(22-20)26-9-11-27-12-10-26/h6-7,17H,4-5,8-14H2,1-3H3. The lowest BCUT2D eigenvalue weighted by atomic mass is 10.0. The topological polar surface area (TPSA) is 70.8 Å². The third kappa shape index (κ3) is 4.12. The van der Waals surface area contributed by atoms with Crippen molar-refractivity contribution >= 4 is 11.8 Å². The number of piperidine rings is 1. The van der Waals surface area contributed by atoms with Gasteiger partial charge in [-0.25, -0.2) is 4.98 Å². The van der Waals surface area contributed by atoms with Gasteiger partial charge in [-0.05, 0) is 39.3 Å². The van der Waals surface area contributed by atoms with Crippen LogP contribution in [0.1, 0.15) is 29.9 Å². The van der Waals surface area contributed by atoms with Crippen molar-refractivity contribution in [2.24, 2.45) is 0 Å². The molecule has 152 valence electrons. The van der Waals surface area contributed by atoms with Crippen molar-refractivity contribution in [2.45, 2.75) is 39.3 Å². The van der Waals surface area contributed by atoms with Gasteiger partial charge >= 0.3 is 0 Å². The van der Waals surface area contributed by atoms with Crippen LogP contribution in [0.25, 0.3) is 0 Å². The van der Waals surface area contributed by atoms with Gasteiger partial charge in [0.1, 0.15) is 11.6 Å². The van der Waals surface area contributed by atoms with Crippen LogP contribution >= 0.6 is 0 Å². The van der Waals surface area contributed by atoms with Crippen LogP contribution in [0, 0.1) is 13.8 Å². The molecule has 2 aliphatic rings. The summed E-state index contributed by atoms with van der Waals surface area (Å²) in [5.41, 5.74) is 2.21. The van der Waals surface area contributed by atoms with E-state index in [0.29, 0.717) is 6.04 Å². The van der Waals surface area contributed by atoms with Gasteiger partial charge in [-0.2, -0.15) is 4.98 Å². The number of likely N-dealkylation sites (N-methyl/N-ethyl adjacent to an activating group) is 1. The predicted octanol–water partition coefficient (Wildman–Crippen LogP) is 2.02. The number of ether oxygens (including phenoxy) is 1. The first-order valence-electron chi connectivity index (χ1n) is 10.1. The molecule has 2 aromatic heterocycles. The zero-order chi connectivity index (χ0) is 19.5. The number of likely N-dealkylation sites (tertiary alicyclic amines) is 1. The molecule has 1 atom stereocenters. The summed E-state index contributed by atoms with van der Waals surface area (Å²) in [6.45, 7) is 10.3. The van der Waals surface area contributed by atoms with Crippen molar-refractivity contribution in [3.8, 4) is 0 Å². The van der Waals surface area contributed by atoms with Crippen molar-refractivity contribution < 1.29 is 9.26 Å². The highest BCUT2D eigenvalue weighted by molar-refractivity contribution is 5.44. The Morgan fingerprint density at radius 3 is 2.79 bits per heavy atom. The number of aryl methyl sites for hydroxylation is 2. The van der Waals surface area contributed by atoms with Crippen LogP contribution in [0.2, 0.25) is 0 Å². The van der Waals surface area contributed by atoms with Crippen LogP contribution in [0.5, 0.6) is 0 Å². The van der Waals surface area contributed by atoms with Crippen molar-refractivity contribution in [3.05, 3.63) is 29.3 Å². The minimum Gasteiger partial charge on any atom is -0.378 e. The number of morpholine rings is 1. The molecule has 28 heavy (non-hydrogen) atoms. The number of hydrogen-bond acceptors (Lipinski definition) is 8. The lowest BCUT2D eigenvalue weighted by Gasteiger charge is -2.38. The SMILES string of the molecule is Cc1noc(C)c1CN1CCCC(N(C)c2nccc(N3CCOCC3)n2)C1. The molecule has 0 spiro atoms. The molecule has 2 aliphatic heterocycles. The molecule has 1 unspecified atom stereocenters. The summed E-state index contributed by atoms with van der Waals surface area (Å²) in [6, 6.07) is 2.39. The minimum absolute atomic E-state index is 0.397. The first-order chi connectivity index (χ1) is 13.6. The highest BCUT2D eigenvalue weighted by Crippen LogP contribution is 2.23. The van der Waals surface area contributed by atoms with Crippen LogP contribution in [-0.2, 0) is 11.3 Å². The van der Waals surface area contributed by atoms with Crippen LogP contribution in [-0.4, -0.2) is 72.5 Å². The molecule has 4 heterocycles. The van der Waals surface area contributed by atoms with E-state index >= 15 is 0 Å². The molecule has 0 amide bonds. The van der Waals surface area contributed by atoms with E-state index in [1.165, 1.54) is 12.0 Å². The Kier molecular flexibility index (Phi) is 5.77. The molecule has 2 aromatic rings. The Labute approximate surface area is 166 Å². The Bertz CT molecular complexity index is 769. The van der Waals surface area contributed by atoms with Gasteiger partial charge in [0.2, 0.25) is 5.95 Å². The quantitative estimate of drug-likeness (QED) is 0.773. The second-order valence-corrected chi connectivity index (χ2v) is 7.76. The van der Waals surface area contributed by atoms with Gasteiger partial charge in [0.25, 0.3) is 0 Å². The summed E-state index contributed by atoms with van der Waals surface area (Å²) < 4.78 is 10.8. The van der Waals surface area contributed by atoms with Gasteiger partial charge in [-0.3, -0.25) is 4.90 Å². The Morgan fingerprint density at radius 2 is 2.04 bits per heavy atom. The third-order valence-electron chi connectivity index (χ3n) is 5.87. The average molecular weight is 387 g/mol. The van der Waals surface area contributed by atoms with E-state index in [4.69, 9.17) is 14.2 Å². The van der Waals surface area contributed by atoms with E-state index in [0.717, 1.165) is 75.6 Å². The zero-order valence-corrected chi connectivity index (χ0v) is 17.1. The summed E-state index contributed by atoms with van der Waals surface area (Å²) in [4.78, 5) is 16.4. The highest BCUT2D eigenvalue weighted by atomic mass is 16.5. The molecule has 2 saturated heterocycles. The van der Waals surface area contributed by atoms with Crippen LogP contribution < -0.4 is 9.80 Å². The Balaban J connectivity index is 1.43. The van der Waals surface area contributed by atoms with Gasteiger partial charge in [-0.15, -0.1) is 0 Å². The molecule has 4 rings (SSSR count). The molecular formula is C20H30N6O2. The molecule has 0 radical (unpaired) electrons. The van der Waals surface area contributed by atoms with Gasteiger partial charge < -0.3 is 19.1 Å². The van der Waals surface area contributed by atoms with E-state index in [9.17, 15) is 0 Å². The van der Waals surface area contributed by atoms with Crippen LogP contribution in [0.15, 0.2) is 16.8 Å². The fourth-order valence-corrected chi connectivity index (χ4v) is 4.08. The number of rotatable bonds is 5. The van der Waals surface area contributed by atoms with E-state index < -0.39 is 0 Å². The summed E-state index contributed by atoms with van der Waals surface area (Å²) in [5, 5.41) is 4.09. The highest BCUT2D eigenvalue weighted by Gasteiger charge is 2.26. The Hall–Kier alpha value is -2.19. The Morgan fingerprint density at radius 1 is 1.21 bits per heavy atom. The maximum Gasteiger partial charge on any atom is 0.227 e. The molecule has 0 saturated carbocycles. The summed E-state index contributed by atoms with van der Waals surface area (Å²) >= 11 is 0. The van der Waals surface area contributed by atoms with Gasteiger partial charge in [0.05, 0.1) is 18.9 Å². The number of anilines is 2. The molecule has 8 heteroatoms. The summed E-state index contributed by atoms with van der Waals surface area (Å²) in [6.07, 6.45) is 4.19. The van der Waals surface area contributed by atoms with Crippen molar-refractivity contribution in [1.29, 1.82) is 0 Å². The van der Waals surface area contributed by atoms with E-state index in [-0.39, 0.29) is 0 Å². The first-order valence-corrected chi connectivity index (χ1v) is 10.1. The maximum atomic E-state index is 5.45. The number of hydrogen-bond donors (Lipinski definition) is 0. The van der Waals surface area contributed by atoms with E-state index in [1.807, 2.05) is 26.1 Å². The molecular weight excluding hydrogens is 356 g/mol. The lowest BCUT2D eigenvalue weighted by Crippen LogP contribution is -2.47. The van der Waals surface area contributed by atoms with Crippen molar-refractivity contribution in [1.82, 2.24) is 20.0 Å². The molecule has 0 bridgehead atoms. The van der Waals surface area contributed by atoms with Gasteiger partial charge in [0, 0.05) is 51.0 Å². The van der Waals surface area contributed by atoms with Crippen LogP contribution in [0.4, 0.5) is 11.8 Å². The molecule has 0 aliphatic carbocycles. The largest absolute Gasteiger partial charge is 0.378 e. The predicted molar refractivity (Wildman–Crippen MR) is 108 cm³/mol. The normalized spacial score (nSPS) is 21.1. The van der Waals surface area contributed by atoms with Gasteiger partial charge in [-0.1, -0.05) is 5.16 Å². The van der Waals surface area contributed by atoms with E-state index in [1.54, 1.807) is 0 Å². The monoisotopic (exact) mass is 386 g/mol. The lowest BCUT2D eigenvalue weighted by molar-refractivity contribution is 0.122. The second kappa shape index (κ2) is 8.45. The second-order valence-electron chi connectivity index (χ2n) is 7.76. The summed E-state index contributed by atoms with van der Waals surface area (Å²) in [7, 11) is 2.11. The molecule has 2 fully saturated rings. The van der Waals surface area contributed by atoms with E-state index in [2.05, 4.69) is 31.9 Å². The van der Waals surface area contributed by atoms with Crippen molar-refractivity contribution in [3.63, 3.8) is 0 Å². The molecule has 0 aromatic carbocycles. The van der Waals surface area contributed by atoms with Crippen LogP contribution in [0.3, 0.4) is 0 Å². The first kappa shape index (κ1) is 19.1. The summed E-state index contributed by atoms with van der Waals surface area (Å²) in [5.74, 6) is 2.71. The third-order valence-corrected chi connectivity index (χ3v) is 5.87. The zero-order valence-electron chi connectivity index (χ0n) is 17.1. The number of aromatic nitrogens is 3. The van der Waals surface area contributed by atoms with Gasteiger partial charge in [0.15, 0.2) is 0 Å². The minimum atomic E-state index is 0.397. The maximum absolute atomic E-state index is 5.45. The average Bonchev–Trinajstić information content (AvgIpc) is 3.06. The molecule has 8 nitrogen and oxygen atoms in total.